The number of carbonyl (C=O) groups is 3. The van der Waals surface area contributed by atoms with E-state index >= 15 is 0 Å². The number of carbonyl (C=O) groups excluding carboxylic acids is 3. The lowest BCUT2D eigenvalue weighted by molar-refractivity contribution is -0.740. The molecular formula is C22H21N2O7+. The van der Waals surface area contributed by atoms with Crippen LogP contribution in [-0.2, 0) is 25.6 Å². The third-order valence-electron chi connectivity index (χ3n) is 4.31. The fourth-order valence-electron chi connectivity index (χ4n) is 2.70. The summed E-state index contributed by atoms with van der Waals surface area (Å²) in [4.78, 5) is 35.6. The van der Waals surface area contributed by atoms with E-state index in [2.05, 4.69) is 14.6 Å². The molecule has 1 aromatic heterocycles. The van der Waals surface area contributed by atoms with Crippen LogP contribution >= 0.6 is 0 Å². The van der Waals surface area contributed by atoms with Gasteiger partial charge in [-0.1, -0.05) is 22.9 Å². The van der Waals surface area contributed by atoms with Crippen molar-refractivity contribution < 1.29 is 38.0 Å². The maximum atomic E-state index is 12.9. The van der Waals surface area contributed by atoms with Crippen LogP contribution in [0.4, 0.5) is 0 Å². The van der Waals surface area contributed by atoms with Crippen LogP contribution in [0.5, 0.6) is 11.5 Å². The Morgan fingerprint density at radius 3 is 2.03 bits per heavy atom. The molecule has 3 rings (SSSR count). The molecule has 0 unspecified atom stereocenters. The molecule has 0 amide bonds. The maximum Gasteiger partial charge on any atom is 0.343 e. The third kappa shape index (κ3) is 5.99. The summed E-state index contributed by atoms with van der Waals surface area (Å²) in [5.41, 5.74) is 0.268. The molecule has 0 radical (unpaired) electrons. The van der Waals surface area contributed by atoms with E-state index in [0.717, 1.165) is 10.8 Å². The highest BCUT2D eigenvalue weighted by Gasteiger charge is 2.18. The maximum absolute atomic E-state index is 12.9. The number of benzene rings is 2. The van der Waals surface area contributed by atoms with Crippen molar-refractivity contribution in [2.45, 2.75) is 6.54 Å². The van der Waals surface area contributed by atoms with Crippen LogP contribution in [0.1, 0.15) is 10.4 Å². The molecule has 1 heterocycles. The van der Waals surface area contributed by atoms with Crippen molar-refractivity contribution in [3.8, 4) is 11.5 Å². The summed E-state index contributed by atoms with van der Waals surface area (Å²) in [5.74, 6) is -0.992. The lowest BCUT2D eigenvalue weighted by Crippen LogP contribution is -2.41. The highest BCUT2D eigenvalue weighted by atomic mass is 16.6. The molecule has 0 atom stereocenters. The molecule has 2 aromatic carbocycles. The normalized spacial score (nSPS) is 10.4. The number of hydrogen-bond donors (Lipinski definition) is 0. The fraction of sp³-hybridized carbons (Fsp3) is 0.227. The minimum atomic E-state index is -0.579. The van der Waals surface area contributed by atoms with Crippen LogP contribution in [0.3, 0.4) is 0 Å². The first kappa shape index (κ1) is 21.7. The molecular weight excluding hydrogens is 404 g/mol. The molecule has 0 bridgehead atoms. The van der Waals surface area contributed by atoms with Gasteiger partial charge >= 0.3 is 11.9 Å². The Kier molecular flexibility index (Phi) is 7.10. The Morgan fingerprint density at radius 2 is 1.45 bits per heavy atom. The highest BCUT2D eigenvalue weighted by Crippen LogP contribution is 2.24. The van der Waals surface area contributed by atoms with E-state index in [9.17, 15) is 14.4 Å². The molecule has 9 heteroatoms. The molecule has 160 valence electrons. The van der Waals surface area contributed by atoms with Crippen LogP contribution in [-0.4, -0.2) is 50.3 Å². The van der Waals surface area contributed by atoms with Crippen molar-refractivity contribution in [2.24, 2.45) is 0 Å². The van der Waals surface area contributed by atoms with Crippen LogP contribution in [0.2, 0.25) is 0 Å². The second-order valence-electron chi connectivity index (χ2n) is 6.45. The predicted molar refractivity (Wildman–Crippen MR) is 108 cm³/mol. The van der Waals surface area contributed by atoms with Crippen molar-refractivity contribution in [2.75, 3.05) is 27.4 Å². The number of fused-ring (bicyclic) bond motifs is 1. The average molecular weight is 425 g/mol. The number of hydrogen-bond acceptors (Lipinski definition) is 8. The summed E-state index contributed by atoms with van der Waals surface area (Å²) in [5, 5.41) is 6.18. The van der Waals surface area contributed by atoms with Crippen LogP contribution in [0.15, 0.2) is 54.9 Å². The SMILES string of the molecule is COC(=O)COc1cc(OCC(=O)OC)cc(C(=O)C[n+]2cc3ccccc3cn2)c1. The van der Waals surface area contributed by atoms with E-state index in [1.165, 1.54) is 37.1 Å². The quantitative estimate of drug-likeness (QED) is 0.289. The van der Waals surface area contributed by atoms with Gasteiger partial charge in [0.2, 0.25) is 18.5 Å². The number of ether oxygens (including phenoxy) is 4. The minimum Gasteiger partial charge on any atom is -0.482 e. The Balaban J connectivity index is 1.82. The summed E-state index contributed by atoms with van der Waals surface area (Å²) < 4.78 is 21.4. The number of ketones is 1. The zero-order valence-corrected chi connectivity index (χ0v) is 17.1. The van der Waals surface area contributed by atoms with Crippen LogP contribution in [0.25, 0.3) is 10.8 Å². The van der Waals surface area contributed by atoms with Crippen LogP contribution in [0, 0.1) is 0 Å². The summed E-state index contributed by atoms with van der Waals surface area (Å²) in [6.07, 6.45) is 3.46. The number of rotatable bonds is 9. The zero-order chi connectivity index (χ0) is 22.2. The summed E-state index contributed by atoms with van der Waals surface area (Å²) >= 11 is 0. The first-order chi connectivity index (χ1) is 15.0. The van der Waals surface area contributed by atoms with Gasteiger partial charge in [0.15, 0.2) is 13.2 Å². The molecule has 0 spiro atoms. The third-order valence-corrected chi connectivity index (χ3v) is 4.31. The number of Topliss-reactive ketones (excluding diaryl/α,β-unsaturated/α-hetero) is 1. The molecule has 0 N–H and O–H groups in total. The van der Waals surface area contributed by atoms with E-state index in [4.69, 9.17) is 9.47 Å². The number of esters is 2. The second kappa shape index (κ2) is 10.1. The molecule has 9 nitrogen and oxygen atoms in total. The lowest BCUT2D eigenvalue weighted by Gasteiger charge is -2.10. The summed E-state index contributed by atoms with van der Waals surface area (Å²) in [6, 6.07) is 12.1. The number of nitrogens with zero attached hydrogens (tertiary/aromatic N) is 2. The predicted octanol–water partition coefficient (Wildman–Crippen LogP) is 1.51. The van der Waals surface area contributed by atoms with Gasteiger partial charge in [0, 0.05) is 22.4 Å². The number of aromatic nitrogens is 2. The Labute approximate surface area is 178 Å². The topological polar surface area (TPSA) is 105 Å². The van der Waals surface area contributed by atoms with E-state index in [1.54, 1.807) is 12.4 Å². The van der Waals surface area contributed by atoms with Gasteiger partial charge in [-0.15, -0.1) is 0 Å². The van der Waals surface area contributed by atoms with Crippen molar-refractivity contribution in [3.05, 3.63) is 60.4 Å². The average Bonchev–Trinajstić information content (AvgIpc) is 2.80. The van der Waals surface area contributed by atoms with Gasteiger partial charge in [-0.25, -0.2) is 9.59 Å². The Morgan fingerprint density at radius 1 is 0.871 bits per heavy atom. The molecule has 31 heavy (non-hydrogen) atoms. The molecule has 0 aliphatic carbocycles. The lowest BCUT2D eigenvalue weighted by atomic mass is 10.1. The van der Waals surface area contributed by atoms with Gasteiger partial charge in [-0.3, -0.25) is 4.79 Å². The van der Waals surface area contributed by atoms with Gasteiger partial charge < -0.3 is 18.9 Å². The summed E-state index contributed by atoms with van der Waals surface area (Å²) in [7, 11) is 2.48. The first-order valence-corrected chi connectivity index (χ1v) is 9.30. The van der Waals surface area contributed by atoms with Crippen molar-refractivity contribution in [1.82, 2.24) is 5.10 Å². The largest absolute Gasteiger partial charge is 0.482 e. The first-order valence-electron chi connectivity index (χ1n) is 9.30. The van der Waals surface area contributed by atoms with Crippen molar-refractivity contribution in [1.29, 1.82) is 0 Å². The van der Waals surface area contributed by atoms with Crippen LogP contribution < -0.4 is 14.2 Å². The van der Waals surface area contributed by atoms with Gasteiger partial charge in [0.25, 0.3) is 0 Å². The van der Waals surface area contributed by atoms with E-state index < -0.39 is 11.9 Å². The molecule has 0 aliphatic heterocycles. The molecule has 0 saturated carbocycles. The van der Waals surface area contributed by atoms with E-state index in [1.807, 2.05) is 24.3 Å². The van der Waals surface area contributed by atoms with Crippen molar-refractivity contribution in [3.63, 3.8) is 0 Å². The fourth-order valence-corrected chi connectivity index (χ4v) is 2.70. The zero-order valence-electron chi connectivity index (χ0n) is 17.1. The highest BCUT2D eigenvalue weighted by molar-refractivity contribution is 5.96. The Bertz CT molecular complexity index is 1080. The molecule has 3 aromatic rings. The summed E-state index contributed by atoms with van der Waals surface area (Å²) in [6.45, 7) is -0.709. The monoisotopic (exact) mass is 425 g/mol. The standard InChI is InChI=1S/C22H21N2O7/c1-28-21(26)13-30-18-7-17(8-19(9-18)31-14-22(27)29-2)20(25)12-24-11-16-6-4-3-5-15(16)10-23-24/h3-11H,12-14H2,1-2H3/q+1. The van der Waals surface area contributed by atoms with E-state index in [-0.39, 0.29) is 42.6 Å². The van der Waals surface area contributed by atoms with Gasteiger partial charge in [0.05, 0.1) is 14.2 Å². The number of methoxy groups -OCH3 is 2. The van der Waals surface area contributed by atoms with E-state index in [0.29, 0.717) is 0 Å². The molecule has 0 fully saturated rings. The molecule has 0 saturated heterocycles. The smallest absolute Gasteiger partial charge is 0.343 e. The van der Waals surface area contributed by atoms with Gasteiger partial charge in [0.1, 0.15) is 17.7 Å². The molecule has 0 aliphatic rings. The Hall–Kier alpha value is -4.01. The second-order valence-corrected chi connectivity index (χ2v) is 6.45. The van der Waals surface area contributed by atoms with Gasteiger partial charge in [-0.2, -0.15) is 0 Å². The minimum absolute atomic E-state index is 0.0261. The van der Waals surface area contributed by atoms with Gasteiger partial charge in [-0.05, 0) is 23.3 Å². The van der Waals surface area contributed by atoms with Crippen molar-refractivity contribution >= 4 is 28.5 Å².